The van der Waals surface area contributed by atoms with Crippen molar-refractivity contribution >= 4 is 11.9 Å². The number of nitrogens with zero attached hydrogens (tertiary/aromatic N) is 1. The zero-order chi connectivity index (χ0) is 14.6. The number of carbonyl (C=O) groups excluding carboxylic acids is 1. The second-order valence-electron chi connectivity index (χ2n) is 6.00. The van der Waals surface area contributed by atoms with E-state index in [1.54, 1.807) is 0 Å². The summed E-state index contributed by atoms with van der Waals surface area (Å²) in [6, 6.07) is -0.0106. The van der Waals surface area contributed by atoms with Crippen molar-refractivity contribution in [1.29, 1.82) is 0 Å². The molecule has 3 unspecified atom stereocenters. The molecule has 19 heavy (non-hydrogen) atoms. The van der Waals surface area contributed by atoms with Crippen LogP contribution in [0.4, 0.5) is 0 Å². The molecule has 1 aliphatic rings. The molecule has 1 rings (SSSR count). The second-order valence-corrected chi connectivity index (χ2v) is 6.00. The van der Waals surface area contributed by atoms with Crippen LogP contribution in [0.5, 0.6) is 0 Å². The van der Waals surface area contributed by atoms with E-state index in [1.165, 1.54) is 0 Å². The lowest BCUT2D eigenvalue weighted by atomic mass is 9.89. The van der Waals surface area contributed by atoms with Gasteiger partial charge in [-0.1, -0.05) is 13.8 Å². The van der Waals surface area contributed by atoms with E-state index in [0.717, 1.165) is 6.42 Å². The molecule has 0 aliphatic carbocycles. The van der Waals surface area contributed by atoms with Gasteiger partial charge in [0.2, 0.25) is 5.91 Å². The Hall–Kier alpha value is -1.10. The van der Waals surface area contributed by atoms with Crippen LogP contribution in [0.3, 0.4) is 0 Å². The van der Waals surface area contributed by atoms with Gasteiger partial charge in [0.25, 0.3) is 0 Å². The summed E-state index contributed by atoms with van der Waals surface area (Å²) in [6.45, 7) is 6.98. The van der Waals surface area contributed by atoms with Gasteiger partial charge in [-0.25, -0.2) is 0 Å². The first-order valence-electron chi connectivity index (χ1n) is 7.10. The van der Waals surface area contributed by atoms with Gasteiger partial charge < -0.3 is 15.7 Å². The Bertz CT molecular complexity index is 331. The van der Waals surface area contributed by atoms with Crippen LogP contribution in [0.2, 0.25) is 0 Å². The molecule has 0 bridgehead atoms. The largest absolute Gasteiger partial charge is 0.481 e. The van der Waals surface area contributed by atoms with E-state index >= 15 is 0 Å². The van der Waals surface area contributed by atoms with E-state index in [1.807, 2.05) is 11.8 Å². The molecule has 0 radical (unpaired) electrons. The number of amides is 1. The maximum absolute atomic E-state index is 12.5. The van der Waals surface area contributed by atoms with Crippen molar-refractivity contribution in [1.82, 2.24) is 4.90 Å². The minimum absolute atomic E-state index is 0.0106. The Kier molecular flexibility index (Phi) is 5.79. The highest BCUT2D eigenvalue weighted by Crippen LogP contribution is 2.25. The van der Waals surface area contributed by atoms with Gasteiger partial charge in [-0.3, -0.25) is 9.59 Å². The molecule has 110 valence electrons. The van der Waals surface area contributed by atoms with Crippen molar-refractivity contribution in [2.24, 2.45) is 23.5 Å². The fraction of sp³-hybridized carbons (Fsp3) is 0.857. The van der Waals surface area contributed by atoms with Gasteiger partial charge in [0.15, 0.2) is 0 Å². The molecule has 1 saturated heterocycles. The number of likely N-dealkylation sites (tertiary alicyclic amines) is 1. The number of rotatable bonds is 5. The van der Waals surface area contributed by atoms with Crippen molar-refractivity contribution in [2.45, 2.75) is 46.1 Å². The topological polar surface area (TPSA) is 83.6 Å². The molecular formula is C14H26N2O3. The third kappa shape index (κ3) is 4.20. The standard InChI is InChI=1S/C14H26N2O3/c1-9(2)6-12(8-15)13(17)16-5-4-11(14(18)19)7-10(16)3/h9-12H,4-8,15H2,1-3H3,(H,18,19). The lowest BCUT2D eigenvalue weighted by molar-refractivity contribution is -0.149. The molecular weight excluding hydrogens is 244 g/mol. The van der Waals surface area contributed by atoms with Gasteiger partial charge in [0.1, 0.15) is 0 Å². The molecule has 0 aromatic carbocycles. The van der Waals surface area contributed by atoms with Gasteiger partial charge in [-0.2, -0.15) is 0 Å². The second kappa shape index (κ2) is 6.89. The van der Waals surface area contributed by atoms with Crippen LogP contribution in [-0.2, 0) is 9.59 Å². The highest BCUT2D eigenvalue weighted by atomic mass is 16.4. The molecule has 1 heterocycles. The summed E-state index contributed by atoms with van der Waals surface area (Å²) >= 11 is 0. The number of carbonyl (C=O) groups is 2. The zero-order valence-corrected chi connectivity index (χ0v) is 12.1. The van der Waals surface area contributed by atoms with Crippen LogP contribution in [-0.4, -0.2) is 41.0 Å². The number of hydrogen-bond acceptors (Lipinski definition) is 3. The Morgan fingerprint density at radius 1 is 1.42 bits per heavy atom. The van der Waals surface area contributed by atoms with Crippen LogP contribution >= 0.6 is 0 Å². The van der Waals surface area contributed by atoms with Crippen molar-refractivity contribution in [3.8, 4) is 0 Å². The SMILES string of the molecule is CC(C)CC(CN)C(=O)N1CCC(C(=O)O)CC1C. The van der Waals surface area contributed by atoms with Crippen molar-refractivity contribution in [2.75, 3.05) is 13.1 Å². The Balaban J connectivity index is 2.64. The van der Waals surface area contributed by atoms with Crippen molar-refractivity contribution in [3.05, 3.63) is 0 Å². The Morgan fingerprint density at radius 2 is 2.05 bits per heavy atom. The summed E-state index contributed by atoms with van der Waals surface area (Å²) in [5, 5.41) is 9.03. The average molecular weight is 270 g/mol. The normalized spacial score (nSPS) is 25.4. The first-order chi connectivity index (χ1) is 8.86. The number of carboxylic acid groups (broad SMARTS) is 1. The summed E-state index contributed by atoms with van der Waals surface area (Å²) in [5.74, 6) is -0.683. The highest BCUT2D eigenvalue weighted by molar-refractivity contribution is 5.80. The van der Waals surface area contributed by atoms with Crippen molar-refractivity contribution in [3.63, 3.8) is 0 Å². The van der Waals surface area contributed by atoms with E-state index in [9.17, 15) is 9.59 Å². The van der Waals surface area contributed by atoms with E-state index in [2.05, 4.69) is 13.8 Å². The Morgan fingerprint density at radius 3 is 2.47 bits per heavy atom. The van der Waals surface area contributed by atoms with Crippen LogP contribution in [0.15, 0.2) is 0 Å². The number of carboxylic acids is 1. The monoisotopic (exact) mass is 270 g/mol. The number of aliphatic carboxylic acids is 1. The third-order valence-corrected chi connectivity index (χ3v) is 3.90. The average Bonchev–Trinajstić information content (AvgIpc) is 2.34. The molecule has 0 spiro atoms. The van der Waals surface area contributed by atoms with E-state index in [0.29, 0.717) is 31.8 Å². The lowest BCUT2D eigenvalue weighted by Gasteiger charge is -2.38. The lowest BCUT2D eigenvalue weighted by Crippen LogP contribution is -2.49. The molecule has 1 fully saturated rings. The quantitative estimate of drug-likeness (QED) is 0.789. The molecule has 5 heteroatoms. The molecule has 5 nitrogen and oxygen atoms in total. The first-order valence-corrected chi connectivity index (χ1v) is 7.10. The van der Waals surface area contributed by atoms with Gasteiger partial charge in [-0.05, 0) is 32.1 Å². The molecule has 3 N–H and O–H groups in total. The number of hydrogen-bond donors (Lipinski definition) is 2. The maximum Gasteiger partial charge on any atom is 0.306 e. The van der Waals surface area contributed by atoms with Crippen molar-refractivity contribution < 1.29 is 14.7 Å². The smallest absolute Gasteiger partial charge is 0.306 e. The maximum atomic E-state index is 12.5. The molecule has 0 aromatic rings. The van der Waals surface area contributed by atoms with E-state index in [-0.39, 0.29) is 23.8 Å². The van der Waals surface area contributed by atoms with Gasteiger partial charge in [0, 0.05) is 19.1 Å². The van der Waals surface area contributed by atoms with Crippen LogP contribution in [0, 0.1) is 17.8 Å². The summed E-state index contributed by atoms with van der Waals surface area (Å²) < 4.78 is 0. The molecule has 0 saturated carbocycles. The van der Waals surface area contributed by atoms with E-state index < -0.39 is 5.97 Å². The van der Waals surface area contributed by atoms with Crippen LogP contribution in [0.25, 0.3) is 0 Å². The number of piperidine rings is 1. The predicted octanol–water partition coefficient (Wildman–Crippen LogP) is 1.32. The highest BCUT2D eigenvalue weighted by Gasteiger charge is 2.34. The number of nitrogens with two attached hydrogens (primary N) is 1. The van der Waals surface area contributed by atoms with Crippen LogP contribution in [0.1, 0.15) is 40.0 Å². The Labute approximate surface area is 115 Å². The molecule has 0 aromatic heterocycles. The summed E-state index contributed by atoms with van der Waals surface area (Å²) in [4.78, 5) is 25.3. The molecule has 3 atom stereocenters. The fourth-order valence-corrected chi connectivity index (χ4v) is 2.83. The van der Waals surface area contributed by atoms with Gasteiger partial charge in [-0.15, -0.1) is 0 Å². The molecule has 1 amide bonds. The zero-order valence-electron chi connectivity index (χ0n) is 12.1. The predicted molar refractivity (Wildman–Crippen MR) is 73.5 cm³/mol. The van der Waals surface area contributed by atoms with E-state index in [4.69, 9.17) is 10.8 Å². The molecule has 1 aliphatic heterocycles. The fourth-order valence-electron chi connectivity index (χ4n) is 2.83. The minimum atomic E-state index is -0.753. The summed E-state index contributed by atoms with van der Waals surface area (Å²) in [7, 11) is 0. The van der Waals surface area contributed by atoms with Gasteiger partial charge in [0.05, 0.1) is 11.8 Å². The summed E-state index contributed by atoms with van der Waals surface area (Å²) in [5.41, 5.74) is 5.71. The van der Waals surface area contributed by atoms with Crippen LogP contribution < -0.4 is 5.73 Å². The minimum Gasteiger partial charge on any atom is -0.481 e. The third-order valence-electron chi connectivity index (χ3n) is 3.90. The first kappa shape index (κ1) is 16.0. The summed E-state index contributed by atoms with van der Waals surface area (Å²) in [6.07, 6.45) is 1.88. The van der Waals surface area contributed by atoms with Gasteiger partial charge >= 0.3 is 5.97 Å².